The van der Waals surface area contributed by atoms with Gasteiger partial charge in [-0.05, 0) is 57.6 Å². The largest absolute Gasteiger partial charge is 0.467 e. The number of methoxy groups -OCH3 is 1. The lowest BCUT2D eigenvalue weighted by atomic mass is 9.93. The highest BCUT2D eigenvalue weighted by atomic mass is 19.4. The number of carbonyl (C=O) groups is 2. The first kappa shape index (κ1) is 38.9. The van der Waals surface area contributed by atoms with E-state index in [0.29, 0.717) is 26.3 Å². The summed E-state index contributed by atoms with van der Waals surface area (Å²) in [6, 6.07) is 18.8. The van der Waals surface area contributed by atoms with Crippen LogP contribution in [0.2, 0.25) is 0 Å². The zero-order valence-electron chi connectivity index (χ0n) is 31.4. The summed E-state index contributed by atoms with van der Waals surface area (Å²) in [4.78, 5) is 37.2. The van der Waals surface area contributed by atoms with Crippen molar-refractivity contribution in [3.05, 3.63) is 102 Å². The van der Waals surface area contributed by atoms with Gasteiger partial charge in [-0.2, -0.15) is 13.2 Å². The zero-order chi connectivity index (χ0) is 39.6. The fraction of sp³-hybridized carbons (Fsp3) is 0.357. The van der Waals surface area contributed by atoms with Crippen LogP contribution in [0.15, 0.2) is 79.0 Å². The molecular formula is C42H43F4N5O5. The molecule has 56 heavy (non-hydrogen) atoms. The molecule has 3 heterocycles. The van der Waals surface area contributed by atoms with Gasteiger partial charge in [-0.3, -0.25) is 14.7 Å². The number of halogens is 4. The summed E-state index contributed by atoms with van der Waals surface area (Å²) in [5.74, 6) is -2.64. The van der Waals surface area contributed by atoms with Crippen molar-refractivity contribution < 1.29 is 41.4 Å². The third kappa shape index (κ3) is 8.13. The van der Waals surface area contributed by atoms with Crippen molar-refractivity contribution in [2.75, 3.05) is 77.1 Å². The Morgan fingerprint density at radius 2 is 1.68 bits per heavy atom. The van der Waals surface area contributed by atoms with Crippen LogP contribution in [0, 0.1) is 5.82 Å². The minimum atomic E-state index is -4.63. The molecule has 2 fully saturated rings. The van der Waals surface area contributed by atoms with Gasteiger partial charge in [0.2, 0.25) is 0 Å². The second-order valence-corrected chi connectivity index (χ2v) is 14.2. The van der Waals surface area contributed by atoms with Crippen molar-refractivity contribution in [2.45, 2.75) is 31.2 Å². The molecular weight excluding hydrogens is 730 g/mol. The quantitative estimate of drug-likeness (QED) is 0.128. The van der Waals surface area contributed by atoms with Gasteiger partial charge in [-0.1, -0.05) is 42.5 Å². The molecule has 0 bridgehead atoms. The maximum Gasteiger partial charge on any atom is 0.411 e. The number of morpholine rings is 2. The Bertz CT molecular complexity index is 2240. The average Bonchev–Trinajstić information content (AvgIpc) is 3.19. The van der Waals surface area contributed by atoms with Crippen molar-refractivity contribution in [3.63, 3.8) is 0 Å². The van der Waals surface area contributed by atoms with Crippen molar-refractivity contribution >= 4 is 44.8 Å². The summed E-state index contributed by atoms with van der Waals surface area (Å²) < 4.78 is 74.1. The number of anilines is 2. The van der Waals surface area contributed by atoms with E-state index in [-0.39, 0.29) is 42.9 Å². The van der Waals surface area contributed by atoms with Crippen molar-refractivity contribution in [3.8, 4) is 11.3 Å². The molecule has 0 aliphatic carbocycles. The molecule has 4 aromatic carbocycles. The van der Waals surface area contributed by atoms with E-state index in [1.165, 1.54) is 13.2 Å². The molecule has 10 nitrogen and oxygen atoms in total. The van der Waals surface area contributed by atoms with Crippen LogP contribution in [0.25, 0.3) is 32.8 Å². The Balaban J connectivity index is 1.22. The van der Waals surface area contributed by atoms with Crippen molar-refractivity contribution in [2.24, 2.45) is 0 Å². The van der Waals surface area contributed by atoms with Gasteiger partial charge in [0, 0.05) is 75.2 Å². The first-order valence-electron chi connectivity index (χ1n) is 18.4. The monoisotopic (exact) mass is 773 g/mol. The maximum atomic E-state index is 16.3. The van der Waals surface area contributed by atoms with Gasteiger partial charge >= 0.3 is 12.1 Å². The molecule has 7 rings (SSSR count). The highest BCUT2D eigenvalue weighted by Crippen LogP contribution is 2.36. The normalized spacial score (nSPS) is 17.2. The van der Waals surface area contributed by atoms with E-state index in [4.69, 9.17) is 19.2 Å². The first-order valence-corrected chi connectivity index (χ1v) is 18.4. The predicted molar refractivity (Wildman–Crippen MR) is 206 cm³/mol. The number of hydrogen-bond donors (Lipinski definition) is 1. The van der Waals surface area contributed by atoms with Crippen LogP contribution >= 0.6 is 0 Å². The molecule has 0 saturated carbocycles. The Morgan fingerprint density at radius 3 is 2.43 bits per heavy atom. The average molecular weight is 774 g/mol. The third-order valence-corrected chi connectivity index (χ3v) is 10.5. The number of aromatic nitrogens is 1. The highest BCUT2D eigenvalue weighted by Gasteiger charge is 2.46. The summed E-state index contributed by atoms with van der Waals surface area (Å²) in [6.45, 7) is 1.18. The van der Waals surface area contributed by atoms with Crippen LogP contribution < -0.4 is 15.1 Å². The Labute approximate surface area is 321 Å². The number of carbonyl (C=O) groups excluding carboxylic acids is 2. The molecule has 2 aliphatic rings. The molecule has 5 aromatic rings. The Morgan fingerprint density at radius 1 is 0.929 bits per heavy atom. The third-order valence-electron chi connectivity index (χ3n) is 10.5. The molecule has 14 heteroatoms. The summed E-state index contributed by atoms with van der Waals surface area (Å²) in [5.41, 5.74) is 3.28. The van der Waals surface area contributed by atoms with Gasteiger partial charge < -0.3 is 29.3 Å². The van der Waals surface area contributed by atoms with E-state index < -0.39 is 42.6 Å². The van der Waals surface area contributed by atoms with E-state index >= 15 is 4.39 Å². The van der Waals surface area contributed by atoms with Crippen LogP contribution in [0.5, 0.6) is 0 Å². The number of alkyl halides is 3. The topological polar surface area (TPSA) is 96.5 Å². The minimum absolute atomic E-state index is 0.00784. The van der Waals surface area contributed by atoms with Crippen LogP contribution in [-0.4, -0.2) is 107 Å². The SMILES string of the molecule is COC(=O)[C@H](Cc1cccc2c(-c3nccc4cc(N(C)C)ccc34)cccc12)NC(=O)c1c(F)cc(N2CCOC[C@@H]2C(F)(F)F)cc1CN1CCOCC1. The summed E-state index contributed by atoms with van der Waals surface area (Å²) >= 11 is 0. The summed E-state index contributed by atoms with van der Waals surface area (Å²) in [7, 11) is 5.17. The number of fused-ring (bicyclic) bond motifs is 2. The number of amides is 1. The lowest BCUT2D eigenvalue weighted by Gasteiger charge is -2.38. The molecule has 2 saturated heterocycles. The van der Waals surface area contributed by atoms with E-state index in [1.807, 2.05) is 78.5 Å². The number of nitrogens with one attached hydrogen (secondary N) is 1. The summed E-state index contributed by atoms with van der Waals surface area (Å²) in [5, 5.41) is 6.41. The smallest absolute Gasteiger partial charge is 0.411 e. The van der Waals surface area contributed by atoms with Crippen LogP contribution in [0.4, 0.5) is 28.9 Å². The second-order valence-electron chi connectivity index (χ2n) is 14.2. The number of benzene rings is 4. The zero-order valence-corrected chi connectivity index (χ0v) is 31.4. The summed E-state index contributed by atoms with van der Waals surface area (Å²) in [6.07, 6.45) is -2.85. The number of nitrogens with zero attached hydrogens (tertiary/aromatic N) is 4. The van der Waals surface area contributed by atoms with Crippen molar-refractivity contribution in [1.29, 1.82) is 0 Å². The van der Waals surface area contributed by atoms with Gasteiger partial charge in [0.05, 0.1) is 44.8 Å². The number of hydrogen-bond acceptors (Lipinski definition) is 9. The molecule has 2 atom stereocenters. The maximum absolute atomic E-state index is 16.3. The van der Waals surface area contributed by atoms with Gasteiger partial charge in [0.1, 0.15) is 17.9 Å². The molecule has 2 aliphatic heterocycles. The van der Waals surface area contributed by atoms with E-state index in [1.54, 1.807) is 6.20 Å². The van der Waals surface area contributed by atoms with Gasteiger partial charge in [0.25, 0.3) is 5.91 Å². The van der Waals surface area contributed by atoms with Crippen LogP contribution in [-0.2, 0) is 32.0 Å². The molecule has 0 radical (unpaired) electrons. The molecule has 1 amide bonds. The molecule has 0 spiro atoms. The standard InChI is InChI=1S/C42H43F4N5O5/c1-49(2)29-10-11-32-27(20-29)12-13-47-39(32)34-9-5-7-31-26(6-4-8-33(31)34)22-36(41(53)54-3)48-40(52)38-28(24-50-14-17-55-18-15-50)21-30(23-35(38)43)51-16-19-56-25-37(51)42(44,45)46/h4-13,20-21,23,36-37H,14-19,22,24-25H2,1-3H3,(H,48,52)/t36-,37+/m0/s1. The highest BCUT2D eigenvalue weighted by molar-refractivity contribution is 6.05. The minimum Gasteiger partial charge on any atom is -0.467 e. The predicted octanol–water partition coefficient (Wildman–Crippen LogP) is 6.37. The number of rotatable bonds is 10. The van der Waals surface area contributed by atoms with E-state index in [0.717, 1.165) is 55.0 Å². The van der Waals surface area contributed by atoms with Crippen LogP contribution in [0.1, 0.15) is 21.5 Å². The van der Waals surface area contributed by atoms with Crippen molar-refractivity contribution in [1.82, 2.24) is 15.2 Å². The Kier molecular flexibility index (Phi) is 11.4. The molecule has 1 aromatic heterocycles. The number of esters is 1. The molecule has 294 valence electrons. The van der Waals surface area contributed by atoms with E-state index in [2.05, 4.69) is 11.4 Å². The lowest BCUT2D eigenvalue weighted by Crippen LogP contribution is -2.53. The molecule has 1 N–H and O–H groups in total. The number of pyridine rings is 1. The molecule has 0 unspecified atom stereocenters. The second kappa shape index (κ2) is 16.4. The fourth-order valence-corrected chi connectivity index (χ4v) is 7.58. The van der Waals surface area contributed by atoms with Gasteiger partial charge in [-0.15, -0.1) is 0 Å². The lowest BCUT2D eigenvalue weighted by molar-refractivity contribution is -0.167. The number of ether oxygens (including phenoxy) is 3. The van der Waals surface area contributed by atoms with Crippen LogP contribution in [0.3, 0.4) is 0 Å². The first-order chi connectivity index (χ1) is 26.9. The van der Waals surface area contributed by atoms with Gasteiger partial charge in [0.15, 0.2) is 0 Å². The fourth-order valence-electron chi connectivity index (χ4n) is 7.58. The Hall–Kier alpha value is -5.31. The van der Waals surface area contributed by atoms with E-state index in [9.17, 15) is 22.8 Å². The van der Waals surface area contributed by atoms with Gasteiger partial charge in [-0.25, -0.2) is 9.18 Å².